The van der Waals surface area contributed by atoms with Crippen molar-refractivity contribution in [3.8, 4) is 6.07 Å². The molecule has 0 N–H and O–H groups in total. The summed E-state index contributed by atoms with van der Waals surface area (Å²) in [5.74, 6) is -1.68. The highest BCUT2D eigenvalue weighted by Gasteiger charge is 2.24. The van der Waals surface area contributed by atoms with Gasteiger partial charge >= 0.3 is 5.97 Å². The van der Waals surface area contributed by atoms with Gasteiger partial charge in [0.1, 0.15) is 0 Å². The Hall–Kier alpha value is -1.60. The smallest absolute Gasteiger partial charge is 0.329 e. The first-order chi connectivity index (χ1) is 7.20. The van der Waals surface area contributed by atoms with Crippen LogP contribution in [0, 0.1) is 11.3 Å². The van der Waals surface area contributed by atoms with Crippen molar-refractivity contribution in [3.05, 3.63) is 29.0 Å². The Morgan fingerprint density at radius 3 is 3.07 bits per heavy atom. The highest BCUT2D eigenvalue weighted by atomic mass is 35.5. The highest BCUT2D eigenvalue weighted by molar-refractivity contribution is 6.31. The molecule has 0 aliphatic carbocycles. The maximum absolute atomic E-state index is 11.4. The molecule has 0 amide bonds. The van der Waals surface area contributed by atoms with Crippen LogP contribution in [0.1, 0.15) is 18.5 Å². The van der Waals surface area contributed by atoms with Gasteiger partial charge in [0.2, 0.25) is 0 Å². The van der Waals surface area contributed by atoms with Crippen LogP contribution >= 0.6 is 11.6 Å². The lowest BCUT2D eigenvalue weighted by Crippen LogP contribution is -2.15. The van der Waals surface area contributed by atoms with Crippen molar-refractivity contribution in [2.45, 2.75) is 12.8 Å². The van der Waals surface area contributed by atoms with Crippen molar-refractivity contribution >= 4 is 17.6 Å². The maximum atomic E-state index is 11.4. The van der Waals surface area contributed by atoms with Crippen molar-refractivity contribution < 1.29 is 9.53 Å². The molecule has 0 radical (unpaired) electrons. The van der Waals surface area contributed by atoms with E-state index in [0.717, 1.165) is 0 Å². The zero-order chi connectivity index (χ0) is 11.3. The second kappa shape index (κ2) is 5.32. The minimum absolute atomic E-state index is 0.224. The number of nitrogens with zero attached hydrogens (tertiary/aromatic N) is 2. The Balaban J connectivity index is 2.99. The first-order valence-electron chi connectivity index (χ1n) is 4.37. The first kappa shape index (κ1) is 11.5. The SMILES string of the molecule is CCOC(=O)C(C#N)c1ncccc1Cl. The molecule has 1 aromatic rings. The van der Waals surface area contributed by atoms with Crippen LogP contribution in [0.5, 0.6) is 0 Å². The summed E-state index contributed by atoms with van der Waals surface area (Å²) >= 11 is 5.82. The van der Waals surface area contributed by atoms with Crippen LogP contribution in [0.25, 0.3) is 0 Å². The van der Waals surface area contributed by atoms with Crippen molar-refractivity contribution in [3.63, 3.8) is 0 Å². The summed E-state index contributed by atoms with van der Waals surface area (Å²) in [6.45, 7) is 1.90. The summed E-state index contributed by atoms with van der Waals surface area (Å²) in [6.07, 6.45) is 1.48. The number of pyridine rings is 1. The third-order valence-corrected chi connectivity index (χ3v) is 2.03. The lowest BCUT2D eigenvalue weighted by molar-refractivity contribution is -0.143. The average Bonchev–Trinajstić information content (AvgIpc) is 2.22. The third kappa shape index (κ3) is 2.67. The maximum Gasteiger partial charge on any atom is 0.329 e. The molecule has 0 aliphatic heterocycles. The van der Waals surface area contributed by atoms with Gasteiger partial charge in [-0.1, -0.05) is 11.6 Å². The standard InChI is InChI=1S/C10H9ClN2O2/c1-2-15-10(14)7(6-12)9-8(11)4-3-5-13-9/h3-5,7H,2H2,1H3. The fourth-order valence-electron chi connectivity index (χ4n) is 1.06. The average molecular weight is 225 g/mol. The van der Waals surface area contributed by atoms with Crippen molar-refractivity contribution in [1.82, 2.24) is 4.98 Å². The second-order valence-electron chi connectivity index (χ2n) is 2.68. The summed E-state index contributed by atoms with van der Waals surface area (Å²) in [7, 11) is 0. The van der Waals surface area contributed by atoms with Gasteiger partial charge in [0.15, 0.2) is 5.92 Å². The molecule has 0 bridgehead atoms. The van der Waals surface area contributed by atoms with Gasteiger partial charge in [-0.05, 0) is 19.1 Å². The first-order valence-corrected chi connectivity index (χ1v) is 4.75. The number of nitriles is 1. The minimum atomic E-state index is -1.06. The van der Waals surface area contributed by atoms with Gasteiger partial charge in [0.25, 0.3) is 0 Å². The molecule has 0 saturated heterocycles. The van der Waals surface area contributed by atoms with Gasteiger partial charge in [-0.15, -0.1) is 0 Å². The summed E-state index contributed by atoms with van der Waals surface area (Å²) in [5.41, 5.74) is 0.236. The quantitative estimate of drug-likeness (QED) is 0.736. The monoisotopic (exact) mass is 224 g/mol. The van der Waals surface area contributed by atoms with Crippen LogP contribution in [0.2, 0.25) is 5.02 Å². The molecular weight excluding hydrogens is 216 g/mol. The molecule has 5 heteroatoms. The number of hydrogen-bond acceptors (Lipinski definition) is 4. The number of rotatable bonds is 3. The lowest BCUT2D eigenvalue weighted by Gasteiger charge is -2.08. The fourth-order valence-corrected chi connectivity index (χ4v) is 1.29. The normalized spacial score (nSPS) is 11.5. The molecule has 1 rings (SSSR count). The number of aromatic nitrogens is 1. The van der Waals surface area contributed by atoms with E-state index < -0.39 is 11.9 Å². The fraction of sp³-hybridized carbons (Fsp3) is 0.300. The van der Waals surface area contributed by atoms with E-state index >= 15 is 0 Å². The van der Waals surface area contributed by atoms with Crippen molar-refractivity contribution in [2.24, 2.45) is 0 Å². The Morgan fingerprint density at radius 1 is 1.80 bits per heavy atom. The summed E-state index contributed by atoms with van der Waals surface area (Å²) < 4.78 is 4.74. The van der Waals surface area contributed by atoms with E-state index in [1.54, 1.807) is 19.1 Å². The van der Waals surface area contributed by atoms with E-state index in [-0.39, 0.29) is 17.3 Å². The zero-order valence-corrected chi connectivity index (χ0v) is 8.86. The molecule has 0 saturated carbocycles. The van der Waals surface area contributed by atoms with E-state index in [9.17, 15) is 4.79 Å². The van der Waals surface area contributed by atoms with Gasteiger partial charge < -0.3 is 4.74 Å². The molecule has 1 unspecified atom stereocenters. The molecule has 4 nitrogen and oxygen atoms in total. The number of ether oxygens (including phenoxy) is 1. The lowest BCUT2D eigenvalue weighted by atomic mass is 10.1. The van der Waals surface area contributed by atoms with Crippen molar-refractivity contribution in [1.29, 1.82) is 5.26 Å². The highest BCUT2D eigenvalue weighted by Crippen LogP contribution is 2.22. The topological polar surface area (TPSA) is 63.0 Å². The van der Waals surface area contributed by atoms with Crippen LogP contribution in [0.15, 0.2) is 18.3 Å². The van der Waals surface area contributed by atoms with Crippen LogP contribution in [-0.2, 0) is 9.53 Å². The molecular formula is C10H9ClN2O2. The summed E-state index contributed by atoms with van der Waals surface area (Å²) in [4.78, 5) is 15.3. The van der Waals surface area contributed by atoms with E-state index in [1.807, 2.05) is 6.07 Å². The Morgan fingerprint density at radius 2 is 2.53 bits per heavy atom. The Bertz CT molecular complexity index is 401. The molecule has 15 heavy (non-hydrogen) atoms. The van der Waals surface area contributed by atoms with Gasteiger partial charge in [-0.3, -0.25) is 9.78 Å². The van der Waals surface area contributed by atoms with E-state index in [2.05, 4.69) is 4.98 Å². The molecule has 0 aliphatic rings. The molecule has 1 heterocycles. The zero-order valence-electron chi connectivity index (χ0n) is 8.11. The van der Waals surface area contributed by atoms with Crippen LogP contribution in [0.3, 0.4) is 0 Å². The van der Waals surface area contributed by atoms with Gasteiger partial charge in [-0.25, -0.2) is 0 Å². The molecule has 1 atom stereocenters. The van der Waals surface area contributed by atoms with Gasteiger partial charge in [0, 0.05) is 6.20 Å². The molecule has 0 aromatic carbocycles. The Kier molecular flexibility index (Phi) is 4.07. The molecule has 0 fully saturated rings. The minimum Gasteiger partial charge on any atom is -0.465 e. The Labute approximate surface area is 92.4 Å². The van der Waals surface area contributed by atoms with Crippen LogP contribution < -0.4 is 0 Å². The molecule has 0 spiro atoms. The summed E-state index contributed by atoms with van der Waals surface area (Å²) in [6, 6.07) is 5.03. The van der Waals surface area contributed by atoms with Crippen molar-refractivity contribution in [2.75, 3.05) is 6.61 Å². The molecule has 1 aromatic heterocycles. The number of hydrogen-bond donors (Lipinski definition) is 0. The summed E-state index contributed by atoms with van der Waals surface area (Å²) in [5, 5.41) is 9.14. The number of carbonyl (C=O) groups is 1. The van der Waals surface area contributed by atoms with E-state index in [4.69, 9.17) is 21.6 Å². The van der Waals surface area contributed by atoms with Crippen LogP contribution in [0.4, 0.5) is 0 Å². The van der Waals surface area contributed by atoms with Gasteiger partial charge in [-0.2, -0.15) is 5.26 Å². The van der Waals surface area contributed by atoms with Crippen LogP contribution in [-0.4, -0.2) is 17.6 Å². The number of esters is 1. The number of halogens is 1. The predicted molar refractivity (Wildman–Crippen MR) is 54.2 cm³/mol. The van der Waals surface area contributed by atoms with E-state index in [1.165, 1.54) is 6.20 Å². The third-order valence-electron chi connectivity index (χ3n) is 1.71. The molecule has 78 valence electrons. The van der Waals surface area contributed by atoms with E-state index in [0.29, 0.717) is 0 Å². The largest absolute Gasteiger partial charge is 0.465 e. The predicted octanol–water partition coefficient (Wildman–Crippen LogP) is 1.91. The number of carbonyl (C=O) groups excluding carboxylic acids is 1. The second-order valence-corrected chi connectivity index (χ2v) is 3.09. The van der Waals surface area contributed by atoms with Gasteiger partial charge in [0.05, 0.1) is 23.4 Å².